The van der Waals surface area contributed by atoms with Gasteiger partial charge in [-0.2, -0.15) is 0 Å². The number of hydrogen-bond acceptors (Lipinski definition) is 1. The summed E-state index contributed by atoms with van der Waals surface area (Å²) in [7, 11) is -2.91. The summed E-state index contributed by atoms with van der Waals surface area (Å²) in [5.74, 6) is 0.445. The van der Waals surface area contributed by atoms with Gasteiger partial charge in [0.2, 0.25) is 7.37 Å². The molecule has 3 heteroatoms. The summed E-state index contributed by atoms with van der Waals surface area (Å²) in [6.07, 6.45) is 28.2. The number of aryl methyl sites for hydroxylation is 1. The van der Waals surface area contributed by atoms with Crippen molar-refractivity contribution >= 4 is 7.37 Å². The topological polar surface area (TPSA) is 37.3 Å². The quantitative estimate of drug-likeness (QED) is 0.106. The fourth-order valence-electron chi connectivity index (χ4n) is 5.22. The Labute approximate surface area is 219 Å². The molecule has 2 unspecified atom stereocenters. The molecule has 1 N–H and O–H groups in total. The van der Waals surface area contributed by atoms with Crippen LogP contribution >= 0.6 is 7.37 Å². The molecule has 0 amide bonds. The largest absolute Gasteiger partial charge is 0.344 e. The molecule has 35 heavy (non-hydrogen) atoms. The highest BCUT2D eigenvalue weighted by Crippen LogP contribution is 2.45. The van der Waals surface area contributed by atoms with Crippen molar-refractivity contribution in [1.29, 1.82) is 0 Å². The van der Waals surface area contributed by atoms with Crippen LogP contribution in [0.1, 0.15) is 148 Å². The zero-order valence-corrected chi connectivity index (χ0v) is 24.4. The highest BCUT2D eigenvalue weighted by molar-refractivity contribution is 7.57. The van der Waals surface area contributed by atoms with Gasteiger partial charge >= 0.3 is 0 Å². The van der Waals surface area contributed by atoms with Crippen LogP contribution < -0.4 is 0 Å². The molecular formula is C32H59O2P. The van der Waals surface area contributed by atoms with E-state index in [0.717, 1.165) is 25.7 Å². The lowest BCUT2D eigenvalue weighted by Gasteiger charge is -2.19. The molecule has 0 radical (unpaired) electrons. The maximum absolute atomic E-state index is 12.5. The van der Waals surface area contributed by atoms with Crippen molar-refractivity contribution in [3.63, 3.8) is 0 Å². The van der Waals surface area contributed by atoms with Crippen LogP contribution in [0.2, 0.25) is 0 Å². The first-order chi connectivity index (χ1) is 17.1. The van der Waals surface area contributed by atoms with E-state index < -0.39 is 7.37 Å². The summed E-state index contributed by atoms with van der Waals surface area (Å²) in [5.41, 5.74) is 1.49. The Bertz CT molecular complexity index is 615. The van der Waals surface area contributed by atoms with Crippen LogP contribution in [0.5, 0.6) is 0 Å². The van der Waals surface area contributed by atoms with E-state index in [1.165, 1.54) is 115 Å². The molecule has 1 aromatic rings. The van der Waals surface area contributed by atoms with Gasteiger partial charge in [-0.15, -0.1) is 0 Å². The number of rotatable bonds is 25. The van der Waals surface area contributed by atoms with E-state index in [1.54, 1.807) is 0 Å². The lowest BCUT2D eigenvalue weighted by Crippen LogP contribution is -2.08. The zero-order valence-electron chi connectivity index (χ0n) is 23.5. The average molecular weight is 507 g/mol. The lowest BCUT2D eigenvalue weighted by atomic mass is 10.0. The first-order valence-electron chi connectivity index (χ1n) is 15.4. The van der Waals surface area contributed by atoms with Crippen LogP contribution in [0, 0.1) is 5.92 Å². The molecule has 0 spiro atoms. The highest BCUT2D eigenvalue weighted by Gasteiger charge is 2.22. The van der Waals surface area contributed by atoms with Gasteiger partial charge in [-0.05, 0) is 37.2 Å². The molecule has 0 aliphatic heterocycles. The monoisotopic (exact) mass is 506 g/mol. The van der Waals surface area contributed by atoms with Crippen LogP contribution in [-0.2, 0) is 11.0 Å². The molecular weight excluding hydrogens is 447 g/mol. The van der Waals surface area contributed by atoms with Crippen molar-refractivity contribution in [2.75, 3.05) is 12.3 Å². The van der Waals surface area contributed by atoms with Gasteiger partial charge in [0.1, 0.15) is 0 Å². The Hall–Kier alpha value is -0.590. The van der Waals surface area contributed by atoms with Gasteiger partial charge in [-0.25, -0.2) is 0 Å². The predicted octanol–water partition coefficient (Wildman–Crippen LogP) is 11.0. The summed E-state index contributed by atoms with van der Waals surface area (Å²) < 4.78 is 12.5. The van der Waals surface area contributed by atoms with Crippen molar-refractivity contribution in [2.24, 2.45) is 5.92 Å². The lowest BCUT2D eigenvalue weighted by molar-refractivity contribution is 0.435. The highest BCUT2D eigenvalue weighted by atomic mass is 31.2. The van der Waals surface area contributed by atoms with Gasteiger partial charge < -0.3 is 4.89 Å². The standard InChI is InChI=1S/C32H59O2P/c1-3-5-25-31(4-2)30-35(33,34)29-24-19-17-15-13-11-9-7-6-8-10-12-14-16-18-21-26-32-27-22-20-23-28-32/h20,22-23,27-28,31H,3-19,21,24-26,29-30H2,1-2H3,(H,33,34). The van der Waals surface area contributed by atoms with E-state index in [2.05, 4.69) is 44.2 Å². The van der Waals surface area contributed by atoms with Gasteiger partial charge in [0, 0.05) is 12.3 Å². The van der Waals surface area contributed by atoms with E-state index in [-0.39, 0.29) is 0 Å². The summed E-state index contributed by atoms with van der Waals surface area (Å²) in [4.78, 5) is 10.3. The Kier molecular flexibility index (Phi) is 20.9. The average Bonchev–Trinajstić information content (AvgIpc) is 2.86. The first kappa shape index (κ1) is 32.4. The Morgan fingerprint density at radius 3 is 1.57 bits per heavy atom. The minimum Gasteiger partial charge on any atom is -0.344 e. The maximum Gasteiger partial charge on any atom is 0.200 e. The Morgan fingerprint density at radius 2 is 1.11 bits per heavy atom. The smallest absolute Gasteiger partial charge is 0.200 e. The molecule has 2 atom stereocenters. The van der Waals surface area contributed by atoms with Gasteiger partial charge in [0.25, 0.3) is 0 Å². The summed E-state index contributed by atoms with van der Waals surface area (Å²) in [5, 5.41) is 0. The second-order valence-corrected chi connectivity index (χ2v) is 13.6. The normalized spacial score (nSPS) is 14.1. The predicted molar refractivity (Wildman–Crippen MR) is 157 cm³/mol. The van der Waals surface area contributed by atoms with Crippen molar-refractivity contribution in [1.82, 2.24) is 0 Å². The fraction of sp³-hybridized carbons (Fsp3) is 0.812. The SMILES string of the molecule is CCCCC(CC)CP(=O)(O)CCCCCCCCCCCCCCCCCCc1ccccc1. The molecule has 2 nitrogen and oxygen atoms in total. The molecule has 0 aliphatic rings. The third-order valence-electron chi connectivity index (χ3n) is 7.65. The van der Waals surface area contributed by atoms with E-state index in [1.807, 2.05) is 0 Å². The molecule has 0 saturated heterocycles. The first-order valence-corrected chi connectivity index (χ1v) is 17.4. The minimum atomic E-state index is -2.91. The second-order valence-electron chi connectivity index (χ2n) is 11.1. The van der Waals surface area contributed by atoms with Gasteiger partial charge in [0.15, 0.2) is 0 Å². The second kappa shape index (κ2) is 22.6. The summed E-state index contributed by atoms with van der Waals surface area (Å²) >= 11 is 0. The third-order valence-corrected chi connectivity index (χ3v) is 9.75. The van der Waals surface area contributed by atoms with Gasteiger partial charge in [-0.3, -0.25) is 4.57 Å². The minimum absolute atomic E-state index is 0.445. The summed E-state index contributed by atoms with van der Waals surface area (Å²) in [6.45, 7) is 4.36. The molecule has 0 fully saturated rings. The molecule has 0 heterocycles. The van der Waals surface area contributed by atoms with Crippen molar-refractivity contribution in [3.05, 3.63) is 35.9 Å². The maximum atomic E-state index is 12.5. The summed E-state index contributed by atoms with van der Waals surface area (Å²) in [6, 6.07) is 10.9. The molecule has 1 aromatic carbocycles. The fourth-order valence-corrected chi connectivity index (χ4v) is 7.37. The van der Waals surface area contributed by atoms with Crippen molar-refractivity contribution < 1.29 is 9.46 Å². The third kappa shape index (κ3) is 20.2. The number of hydrogen-bond donors (Lipinski definition) is 1. The molecule has 0 saturated carbocycles. The van der Waals surface area contributed by atoms with Crippen LogP contribution in [0.3, 0.4) is 0 Å². The Balaban J connectivity index is 1.80. The van der Waals surface area contributed by atoms with E-state index in [4.69, 9.17) is 0 Å². The van der Waals surface area contributed by atoms with E-state index in [0.29, 0.717) is 18.2 Å². The van der Waals surface area contributed by atoms with Crippen LogP contribution in [0.25, 0.3) is 0 Å². The van der Waals surface area contributed by atoms with E-state index in [9.17, 15) is 9.46 Å². The molecule has 0 aliphatic carbocycles. The molecule has 0 bridgehead atoms. The van der Waals surface area contributed by atoms with E-state index >= 15 is 0 Å². The number of benzene rings is 1. The Morgan fingerprint density at radius 1 is 0.657 bits per heavy atom. The van der Waals surface area contributed by atoms with Gasteiger partial charge in [-0.1, -0.05) is 153 Å². The zero-order chi connectivity index (χ0) is 25.5. The van der Waals surface area contributed by atoms with Crippen LogP contribution in [0.4, 0.5) is 0 Å². The number of unbranched alkanes of at least 4 members (excludes halogenated alkanes) is 16. The van der Waals surface area contributed by atoms with Crippen LogP contribution in [0.15, 0.2) is 30.3 Å². The molecule has 1 rings (SSSR count). The molecule has 0 aromatic heterocycles. The van der Waals surface area contributed by atoms with Crippen molar-refractivity contribution in [3.8, 4) is 0 Å². The van der Waals surface area contributed by atoms with Crippen LogP contribution in [-0.4, -0.2) is 17.2 Å². The van der Waals surface area contributed by atoms with Crippen molar-refractivity contribution in [2.45, 2.75) is 149 Å². The van der Waals surface area contributed by atoms with Gasteiger partial charge in [0.05, 0.1) is 0 Å². The molecule has 204 valence electrons.